The Morgan fingerprint density at radius 1 is 1.11 bits per heavy atom. The average molecular weight is 510 g/mol. The van der Waals surface area contributed by atoms with Crippen LogP contribution < -0.4 is 20.3 Å². The molecule has 8 heteroatoms. The number of piperidine rings is 1. The monoisotopic (exact) mass is 509 g/mol. The SMILES string of the molecule is CC(C)(C)NSc1cccc(NC(=O)c2ccc(NC3CCCC3O)nc2N2CCC3(CC2)CC3)c1. The van der Waals surface area contributed by atoms with Crippen LogP contribution in [-0.2, 0) is 0 Å². The van der Waals surface area contributed by atoms with Gasteiger partial charge in [0.05, 0.1) is 17.7 Å². The Bertz CT molecular complexity index is 1090. The molecule has 1 aliphatic heterocycles. The normalized spacial score (nSPS) is 23.1. The molecule has 1 saturated heterocycles. The predicted octanol–water partition coefficient (Wildman–Crippen LogP) is 5.43. The van der Waals surface area contributed by atoms with E-state index >= 15 is 0 Å². The number of hydrogen-bond acceptors (Lipinski definition) is 7. The van der Waals surface area contributed by atoms with Gasteiger partial charge in [0.1, 0.15) is 11.6 Å². The molecular formula is C28H39N5O2S. The van der Waals surface area contributed by atoms with Crippen LogP contribution in [0.15, 0.2) is 41.3 Å². The lowest BCUT2D eigenvalue weighted by atomic mass is 9.93. The number of anilines is 3. The van der Waals surface area contributed by atoms with Gasteiger partial charge in [-0.3, -0.25) is 9.52 Å². The van der Waals surface area contributed by atoms with E-state index in [0.717, 1.165) is 67.4 Å². The van der Waals surface area contributed by atoms with E-state index in [1.165, 1.54) is 12.8 Å². The largest absolute Gasteiger partial charge is 0.391 e. The zero-order valence-corrected chi connectivity index (χ0v) is 22.5. The van der Waals surface area contributed by atoms with Crippen LogP contribution in [-0.4, -0.2) is 46.8 Å². The minimum absolute atomic E-state index is 0.0116. The summed E-state index contributed by atoms with van der Waals surface area (Å²) in [5.41, 5.74) is 1.88. The number of nitrogens with zero attached hydrogens (tertiary/aromatic N) is 2. The molecule has 0 bridgehead atoms. The number of aliphatic hydroxyl groups is 1. The first-order valence-corrected chi connectivity index (χ1v) is 14.1. The van der Waals surface area contributed by atoms with E-state index in [4.69, 9.17) is 4.98 Å². The zero-order chi connectivity index (χ0) is 25.3. The number of aromatic nitrogens is 1. The Balaban J connectivity index is 1.35. The van der Waals surface area contributed by atoms with Crippen LogP contribution in [0.3, 0.4) is 0 Å². The second-order valence-corrected chi connectivity index (χ2v) is 12.6. The molecule has 3 fully saturated rings. The first kappa shape index (κ1) is 25.4. The first-order chi connectivity index (χ1) is 17.2. The van der Waals surface area contributed by atoms with Crippen LogP contribution in [0.4, 0.5) is 17.3 Å². The highest BCUT2D eigenvalue weighted by Gasteiger charge is 2.45. The third-order valence-corrected chi connectivity index (χ3v) is 8.78. The highest BCUT2D eigenvalue weighted by atomic mass is 32.2. The summed E-state index contributed by atoms with van der Waals surface area (Å²) in [6.07, 6.45) is 7.42. The van der Waals surface area contributed by atoms with Crippen LogP contribution in [0.25, 0.3) is 0 Å². The Hall–Kier alpha value is -2.29. The topological polar surface area (TPSA) is 89.5 Å². The van der Waals surface area contributed by atoms with Crippen molar-refractivity contribution in [3.05, 3.63) is 42.0 Å². The van der Waals surface area contributed by atoms with Crippen molar-refractivity contribution in [1.82, 2.24) is 9.71 Å². The highest BCUT2D eigenvalue weighted by Crippen LogP contribution is 2.54. The van der Waals surface area contributed by atoms with Crippen LogP contribution in [0.1, 0.15) is 76.1 Å². The molecule has 5 rings (SSSR count). The number of carbonyl (C=O) groups is 1. The van der Waals surface area contributed by atoms with Crippen molar-refractivity contribution in [3.63, 3.8) is 0 Å². The molecule has 2 atom stereocenters. The molecular weight excluding hydrogens is 470 g/mol. The van der Waals surface area contributed by atoms with Crippen molar-refractivity contribution >= 4 is 35.2 Å². The molecule has 1 spiro atoms. The van der Waals surface area contributed by atoms with Gasteiger partial charge in [-0.15, -0.1) is 0 Å². The first-order valence-electron chi connectivity index (χ1n) is 13.3. The van der Waals surface area contributed by atoms with E-state index < -0.39 is 0 Å². The number of pyridine rings is 1. The van der Waals surface area contributed by atoms with Gasteiger partial charge in [0.25, 0.3) is 5.91 Å². The molecule has 4 N–H and O–H groups in total. The Morgan fingerprint density at radius 2 is 1.89 bits per heavy atom. The molecule has 1 aromatic heterocycles. The minimum atomic E-state index is -0.346. The van der Waals surface area contributed by atoms with Crippen molar-refractivity contribution in [2.24, 2.45) is 5.41 Å². The molecule has 1 aromatic carbocycles. The Kier molecular flexibility index (Phi) is 7.21. The second-order valence-electron chi connectivity index (χ2n) is 11.7. The molecule has 1 amide bonds. The highest BCUT2D eigenvalue weighted by molar-refractivity contribution is 7.97. The van der Waals surface area contributed by atoms with Gasteiger partial charge in [-0.1, -0.05) is 6.07 Å². The number of benzene rings is 1. The van der Waals surface area contributed by atoms with Gasteiger partial charge in [-0.05, 0) is 113 Å². The van der Waals surface area contributed by atoms with Crippen LogP contribution in [0, 0.1) is 5.41 Å². The van der Waals surface area contributed by atoms with Crippen molar-refractivity contribution in [2.75, 3.05) is 28.6 Å². The summed E-state index contributed by atoms with van der Waals surface area (Å²) in [5.74, 6) is 1.31. The van der Waals surface area contributed by atoms with Gasteiger partial charge >= 0.3 is 0 Å². The van der Waals surface area contributed by atoms with Gasteiger partial charge in [0.15, 0.2) is 0 Å². The fraction of sp³-hybridized carbons (Fsp3) is 0.571. The molecule has 0 radical (unpaired) electrons. The van der Waals surface area contributed by atoms with Crippen molar-refractivity contribution in [2.45, 2.75) is 88.3 Å². The molecule has 194 valence electrons. The fourth-order valence-electron chi connectivity index (χ4n) is 5.16. The summed E-state index contributed by atoms with van der Waals surface area (Å²) in [7, 11) is 0. The molecule has 2 aromatic rings. The lowest BCUT2D eigenvalue weighted by Crippen LogP contribution is -2.36. The molecule has 36 heavy (non-hydrogen) atoms. The third-order valence-electron chi connectivity index (χ3n) is 7.58. The fourth-order valence-corrected chi connectivity index (χ4v) is 5.92. The van der Waals surface area contributed by atoms with Crippen LogP contribution >= 0.6 is 11.9 Å². The Morgan fingerprint density at radius 3 is 2.56 bits per heavy atom. The van der Waals surface area contributed by atoms with Gasteiger partial charge in [-0.25, -0.2) is 4.98 Å². The lowest BCUT2D eigenvalue weighted by molar-refractivity contribution is 0.102. The summed E-state index contributed by atoms with van der Waals surface area (Å²) in [4.78, 5) is 21.7. The lowest BCUT2D eigenvalue weighted by Gasteiger charge is -2.34. The summed E-state index contributed by atoms with van der Waals surface area (Å²) in [6, 6.07) is 11.7. The maximum Gasteiger partial charge on any atom is 0.259 e. The standard InChI is InChI=1S/C28H39N5O2S/c1-27(2,3)32-36-20-7-4-6-19(18-20)29-26(35)21-10-11-24(30-22-8-5-9-23(22)34)31-25(21)33-16-14-28(12-13-28)15-17-33/h4,6-7,10-11,18,22-23,32,34H,5,8-9,12-17H2,1-3H3,(H,29,35)(H,30,31). The van der Waals surface area contributed by atoms with E-state index in [2.05, 4.69) is 41.0 Å². The van der Waals surface area contributed by atoms with E-state index in [-0.39, 0.29) is 23.6 Å². The molecule has 3 aliphatic rings. The zero-order valence-electron chi connectivity index (χ0n) is 21.6. The Labute approximate surface area is 219 Å². The van der Waals surface area contributed by atoms with Crippen LogP contribution in [0.5, 0.6) is 0 Å². The third kappa shape index (κ3) is 6.15. The maximum absolute atomic E-state index is 13.5. The van der Waals surface area contributed by atoms with Crippen LogP contribution in [0.2, 0.25) is 0 Å². The number of amides is 1. The number of nitrogens with one attached hydrogen (secondary N) is 3. The number of carbonyl (C=O) groups excluding carboxylic acids is 1. The van der Waals surface area contributed by atoms with E-state index in [9.17, 15) is 9.90 Å². The van der Waals surface area contributed by atoms with Gasteiger partial charge < -0.3 is 20.6 Å². The number of aliphatic hydroxyl groups excluding tert-OH is 1. The molecule has 2 aliphatic carbocycles. The van der Waals surface area contributed by atoms with Gasteiger partial charge in [0.2, 0.25) is 0 Å². The second kappa shape index (κ2) is 10.2. The average Bonchev–Trinajstić information content (AvgIpc) is 3.48. The minimum Gasteiger partial charge on any atom is -0.391 e. The summed E-state index contributed by atoms with van der Waals surface area (Å²) < 4.78 is 3.42. The quantitative estimate of drug-likeness (QED) is 0.370. The predicted molar refractivity (Wildman–Crippen MR) is 148 cm³/mol. The van der Waals surface area contributed by atoms with Crippen molar-refractivity contribution in [3.8, 4) is 0 Å². The van der Waals surface area contributed by atoms with Gasteiger partial charge in [0, 0.05) is 29.2 Å². The van der Waals surface area contributed by atoms with E-state index in [1.54, 1.807) is 11.9 Å². The van der Waals surface area contributed by atoms with Crippen molar-refractivity contribution < 1.29 is 9.90 Å². The van der Waals surface area contributed by atoms with E-state index in [1.807, 2.05) is 36.4 Å². The molecule has 2 unspecified atom stereocenters. The maximum atomic E-state index is 13.5. The molecule has 2 saturated carbocycles. The smallest absolute Gasteiger partial charge is 0.259 e. The van der Waals surface area contributed by atoms with Gasteiger partial charge in [-0.2, -0.15) is 0 Å². The number of rotatable bonds is 7. The number of hydrogen-bond donors (Lipinski definition) is 4. The molecule has 7 nitrogen and oxygen atoms in total. The van der Waals surface area contributed by atoms with E-state index in [0.29, 0.717) is 11.0 Å². The van der Waals surface area contributed by atoms with Crippen molar-refractivity contribution in [1.29, 1.82) is 0 Å². The summed E-state index contributed by atoms with van der Waals surface area (Å²) in [6.45, 7) is 8.22. The summed E-state index contributed by atoms with van der Waals surface area (Å²) in [5, 5.41) is 16.8. The summed E-state index contributed by atoms with van der Waals surface area (Å²) >= 11 is 1.56. The molecule has 2 heterocycles.